The number of nitrogens with one attached hydrogen (secondary N) is 1. The van der Waals surface area contributed by atoms with Gasteiger partial charge >= 0.3 is 0 Å². The summed E-state index contributed by atoms with van der Waals surface area (Å²) in [6.07, 6.45) is 2.70. The van der Waals surface area contributed by atoms with E-state index in [0.717, 1.165) is 17.8 Å². The van der Waals surface area contributed by atoms with Crippen molar-refractivity contribution in [1.82, 2.24) is 9.55 Å². The average molecular weight is 252 g/mol. The smallest absolute Gasteiger partial charge is 0.182 e. The fourth-order valence-corrected chi connectivity index (χ4v) is 2.02. The number of aryl methyl sites for hydroxylation is 1. The fraction of sp³-hybridized carbons (Fsp3) is 0.250. The molecule has 1 aromatic heterocycles. The zero-order chi connectivity index (χ0) is 12.4. The van der Waals surface area contributed by atoms with E-state index in [1.807, 2.05) is 17.7 Å². The van der Waals surface area contributed by atoms with Crippen molar-refractivity contribution < 1.29 is 9.13 Å². The number of ether oxygens (including phenoxy) is 1. The molecule has 0 unspecified atom stereocenters. The molecular weight excluding hydrogens is 239 g/mol. The molecular formula is C12H13FN2OS. The number of methoxy groups -OCH3 is 1. The third kappa shape index (κ3) is 2.10. The molecule has 0 aliphatic heterocycles. The summed E-state index contributed by atoms with van der Waals surface area (Å²) in [6.45, 7) is 2.04. The molecule has 2 rings (SSSR count). The van der Waals surface area contributed by atoms with Gasteiger partial charge < -0.3 is 9.72 Å². The SMILES string of the molecule is CCc1c[nH]c(=S)n1-c1ccc(F)c(OC)c1. The van der Waals surface area contributed by atoms with Gasteiger partial charge in [-0.3, -0.25) is 4.57 Å². The molecule has 0 aliphatic carbocycles. The van der Waals surface area contributed by atoms with Gasteiger partial charge in [0.25, 0.3) is 0 Å². The third-order valence-electron chi connectivity index (χ3n) is 2.61. The van der Waals surface area contributed by atoms with Crippen molar-refractivity contribution in [2.45, 2.75) is 13.3 Å². The van der Waals surface area contributed by atoms with Crippen LogP contribution in [-0.4, -0.2) is 16.7 Å². The largest absolute Gasteiger partial charge is 0.494 e. The molecule has 90 valence electrons. The highest BCUT2D eigenvalue weighted by atomic mass is 32.1. The number of nitrogens with zero attached hydrogens (tertiary/aromatic N) is 1. The molecule has 1 aromatic carbocycles. The van der Waals surface area contributed by atoms with E-state index in [2.05, 4.69) is 4.98 Å². The summed E-state index contributed by atoms with van der Waals surface area (Å²) in [7, 11) is 1.44. The molecule has 5 heteroatoms. The summed E-state index contributed by atoms with van der Waals surface area (Å²) >= 11 is 5.21. The summed E-state index contributed by atoms with van der Waals surface area (Å²) in [5.41, 5.74) is 1.84. The van der Waals surface area contributed by atoms with Crippen LogP contribution in [0.5, 0.6) is 5.75 Å². The quantitative estimate of drug-likeness (QED) is 0.850. The summed E-state index contributed by atoms with van der Waals surface area (Å²) in [4.78, 5) is 2.98. The van der Waals surface area contributed by atoms with E-state index in [-0.39, 0.29) is 11.6 Å². The number of imidazole rings is 1. The summed E-state index contributed by atoms with van der Waals surface area (Å²) in [6, 6.07) is 4.70. The minimum atomic E-state index is -0.378. The van der Waals surface area contributed by atoms with Crippen molar-refractivity contribution in [3.05, 3.63) is 40.7 Å². The van der Waals surface area contributed by atoms with Crippen molar-refractivity contribution in [2.75, 3.05) is 7.11 Å². The van der Waals surface area contributed by atoms with Crippen molar-refractivity contribution >= 4 is 12.2 Å². The second-order valence-corrected chi connectivity index (χ2v) is 3.98. The monoisotopic (exact) mass is 252 g/mol. The number of aromatic amines is 1. The Kier molecular flexibility index (Phi) is 3.28. The first kappa shape index (κ1) is 11.9. The first-order valence-corrected chi connectivity index (χ1v) is 5.71. The molecule has 0 saturated carbocycles. The zero-order valence-electron chi connectivity index (χ0n) is 9.66. The van der Waals surface area contributed by atoms with Crippen LogP contribution in [-0.2, 0) is 6.42 Å². The van der Waals surface area contributed by atoms with Gasteiger partial charge in [0.15, 0.2) is 16.3 Å². The maximum absolute atomic E-state index is 13.3. The Balaban J connectivity index is 2.60. The molecule has 1 heterocycles. The molecule has 0 fully saturated rings. The lowest BCUT2D eigenvalue weighted by molar-refractivity contribution is 0.386. The Morgan fingerprint density at radius 2 is 2.24 bits per heavy atom. The lowest BCUT2D eigenvalue weighted by atomic mass is 10.2. The second kappa shape index (κ2) is 4.71. The van der Waals surface area contributed by atoms with E-state index in [9.17, 15) is 4.39 Å². The lowest BCUT2D eigenvalue weighted by Gasteiger charge is -2.09. The normalized spacial score (nSPS) is 10.5. The second-order valence-electron chi connectivity index (χ2n) is 3.59. The van der Waals surface area contributed by atoms with Crippen LogP contribution in [0.25, 0.3) is 5.69 Å². The topological polar surface area (TPSA) is 29.9 Å². The molecule has 0 spiro atoms. The van der Waals surface area contributed by atoms with Gasteiger partial charge in [-0.25, -0.2) is 4.39 Å². The molecule has 0 radical (unpaired) electrons. The molecule has 0 amide bonds. The molecule has 0 bridgehead atoms. The van der Waals surface area contributed by atoms with Crippen LogP contribution in [0.15, 0.2) is 24.4 Å². The van der Waals surface area contributed by atoms with E-state index in [0.29, 0.717) is 4.77 Å². The van der Waals surface area contributed by atoms with Crippen LogP contribution in [0.2, 0.25) is 0 Å². The average Bonchev–Trinajstić information content (AvgIpc) is 2.71. The Morgan fingerprint density at radius 1 is 1.47 bits per heavy atom. The van der Waals surface area contributed by atoms with Crippen LogP contribution < -0.4 is 4.74 Å². The lowest BCUT2D eigenvalue weighted by Crippen LogP contribution is -2.00. The molecule has 1 N–H and O–H groups in total. The van der Waals surface area contributed by atoms with Crippen molar-refractivity contribution in [3.8, 4) is 11.4 Å². The van der Waals surface area contributed by atoms with Gasteiger partial charge in [-0.2, -0.15) is 0 Å². The molecule has 0 aliphatic rings. The molecule has 0 atom stereocenters. The highest BCUT2D eigenvalue weighted by molar-refractivity contribution is 7.71. The number of benzene rings is 1. The maximum Gasteiger partial charge on any atom is 0.182 e. The third-order valence-corrected chi connectivity index (χ3v) is 2.91. The number of H-pyrrole nitrogens is 1. The number of hydrogen-bond donors (Lipinski definition) is 1. The fourth-order valence-electron chi connectivity index (χ4n) is 1.74. The molecule has 2 aromatic rings. The van der Waals surface area contributed by atoms with Gasteiger partial charge in [0.2, 0.25) is 0 Å². The molecule has 3 nitrogen and oxygen atoms in total. The van der Waals surface area contributed by atoms with Gasteiger partial charge in [-0.1, -0.05) is 6.92 Å². The first-order valence-electron chi connectivity index (χ1n) is 5.30. The van der Waals surface area contributed by atoms with Gasteiger partial charge in [0.05, 0.1) is 12.8 Å². The Morgan fingerprint density at radius 3 is 2.88 bits per heavy atom. The summed E-state index contributed by atoms with van der Waals surface area (Å²) < 4.78 is 20.8. The molecule has 0 saturated heterocycles. The highest BCUT2D eigenvalue weighted by Crippen LogP contribution is 2.22. The van der Waals surface area contributed by atoms with Crippen molar-refractivity contribution in [2.24, 2.45) is 0 Å². The predicted octanol–water partition coefficient (Wildman–Crippen LogP) is 3.24. The van der Waals surface area contributed by atoms with E-state index in [4.69, 9.17) is 17.0 Å². The van der Waals surface area contributed by atoms with Gasteiger partial charge in [0, 0.05) is 18.0 Å². The standard InChI is InChI=1S/C12H13FN2OS/c1-3-8-7-14-12(17)15(8)9-4-5-10(13)11(6-9)16-2/h4-7H,3H2,1-2H3,(H,14,17). The Labute approximate surface area is 104 Å². The van der Waals surface area contributed by atoms with E-state index >= 15 is 0 Å². The van der Waals surface area contributed by atoms with Crippen LogP contribution >= 0.6 is 12.2 Å². The van der Waals surface area contributed by atoms with E-state index < -0.39 is 0 Å². The minimum absolute atomic E-state index is 0.215. The van der Waals surface area contributed by atoms with Gasteiger partial charge in [-0.15, -0.1) is 0 Å². The van der Waals surface area contributed by atoms with Crippen LogP contribution in [0.1, 0.15) is 12.6 Å². The van der Waals surface area contributed by atoms with Crippen LogP contribution in [0.4, 0.5) is 4.39 Å². The zero-order valence-corrected chi connectivity index (χ0v) is 10.5. The minimum Gasteiger partial charge on any atom is -0.494 e. The van der Waals surface area contributed by atoms with Crippen LogP contribution in [0.3, 0.4) is 0 Å². The highest BCUT2D eigenvalue weighted by Gasteiger charge is 2.08. The first-order chi connectivity index (χ1) is 8.17. The van der Waals surface area contributed by atoms with E-state index in [1.54, 1.807) is 12.1 Å². The van der Waals surface area contributed by atoms with Crippen molar-refractivity contribution in [1.29, 1.82) is 0 Å². The number of aromatic nitrogens is 2. The van der Waals surface area contributed by atoms with Crippen molar-refractivity contribution in [3.63, 3.8) is 0 Å². The molecule has 17 heavy (non-hydrogen) atoms. The van der Waals surface area contributed by atoms with Crippen LogP contribution in [0, 0.1) is 10.6 Å². The summed E-state index contributed by atoms with van der Waals surface area (Å²) in [5, 5.41) is 0. The number of halogens is 1. The van der Waals surface area contributed by atoms with E-state index in [1.165, 1.54) is 13.2 Å². The van der Waals surface area contributed by atoms with Gasteiger partial charge in [0.1, 0.15) is 0 Å². The number of hydrogen-bond acceptors (Lipinski definition) is 2. The predicted molar refractivity (Wildman–Crippen MR) is 66.8 cm³/mol. The van der Waals surface area contributed by atoms with Gasteiger partial charge in [-0.05, 0) is 30.8 Å². The maximum atomic E-state index is 13.3. The summed E-state index contributed by atoms with van der Waals surface area (Å²) in [5.74, 6) is -0.163. The number of rotatable bonds is 3. The Bertz CT molecular complexity index is 588. The Hall–Kier alpha value is -1.62.